The number of carbonyl (C=O) groups excluding carboxylic acids is 1. The maximum atomic E-state index is 12.6. The van der Waals surface area contributed by atoms with E-state index >= 15 is 0 Å². The molecule has 1 heterocycles. The van der Waals surface area contributed by atoms with Crippen LogP contribution >= 0.6 is 15.9 Å². The van der Waals surface area contributed by atoms with Gasteiger partial charge in [0.25, 0.3) is 0 Å². The van der Waals surface area contributed by atoms with E-state index in [1.54, 1.807) is 30.6 Å². The molecule has 0 saturated carbocycles. The van der Waals surface area contributed by atoms with Crippen LogP contribution in [-0.2, 0) is 0 Å². The summed E-state index contributed by atoms with van der Waals surface area (Å²) in [6.07, 6.45) is 3.44. The molecule has 3 aromatic rings. The van der Waals surface area contributed by atoms with E-state index in [0.29, 0.717) is 16.8 Å². The Hall–Kier alpha value is -2.20. The zero-order valence-corrected chi connectivity index (χ0v) is 12.1. The van der Waals surface area contributed by atoms with E-state index in [9.17, 15) is 4.79 Å². The number of carbonyl (C=O) groups is 1. The lowest BCUT2D eigenvalue weighted by molar-refractivity contribution is 0.104. The van der Waals surface area contributed by atoms with Crippen LogP contribution in [0.5, 0.6) is 0 Å². The zero-order chi connectivity index (χ0) is 14.1. The third kappa shape index (κ3) is 2.18. The van der Waals surface area contributed by atoms with Gasteiger partial charge in [-0.25, -0.2) is 0 Å². The predicted octanol–water partition coefficient (Wildman–Crippen LogP) is 3.81. The Labute approximate surface area is 124 Å². The van der Waals surface area contributed by atoms with Gasteiger partial charge in [0.05, 0.1) is 0 Å². The lowest BCUT2D eigenvalue weighted by atomic mass is 9.98. The molecule has 0 aliphatic rings. The number of anilines is 1. The number of benzene rings is 2. The van der Waals surface area contributed by atoms with Gasteiger partial charge < -0.3 is 5.73 Å². The molecule has 0 fully saturated rings. The van der Waals surface area contributed by atoms with E-state index in [1.807, 2.05) is 24.3 Å². The van der Waals surface area contributed by atoms with Crippen LogP contribution in [0.3, 0.4) is 0 Å². The maximum absolute atomic E-state index is 12.6. The number of nitrogen functional groups attached to an aromatic ring is 1. The molecule has 0 unspecified atom stereocenters. The lowest BCUT2D eigenvalue weighted by Crippen LogP contribution is -2.03. The first-order valence-corrected chi connectivity index (χ1v) is 6.88. The molecule has 0 saturated heterocycles. The number of aromatic nitrogens is 1. The molecule has 4 heteroatoms. The molecule has 20 heavy (non-hydrogen) atoms. The Kier molecular flexibility index (Phi) is 3.24. The molecule has 2 N–H and O–H groups in total. The van der Waals surface area contributed by atoms with Gasteiger partial charge in [0, 0.05) is 39.1 Å². The van der Waals surface area contributed by atoms with Gasteiger partial charge in [-0.3, -0.25) is 9.78 Å². The molecular weight excluding hydrogens is 316 g/mol. The topological polar surface area (TPSA) is 56.0 Å². The van der Waals surface area contributed by atoms with Crippen molar-refractivity contribution in [3.05, 3.63) is 70.5 Å². The third-order valence-electron chi connectivity index (χ3n) is 3.19. The van der Waals surface area contributed by atoms with E-state index in [2.05, 4.69) is 20.9 Å². The molecule has 0 amide bonds. The van der Waals surface area contributed by atoms with Gasteiger partial charge in [0.2, 0.25) is 0 Å². The number of pyridine rings is 1. The fourth-order valence-corrected chi connectivity index (χ4v) is 2.51. The summed E-state index contributed by atoms with van der Waals surface area (Å²) in [5.41, 5.74) is 7.61. The van der Waals surface area contributed by atoms with Gasteiger partial charge in [-0.1, -0.05) is 18.2 Å². The Morgan fingerprint density at radius 2 is 2.00 bits per heavy atom. The van der Waals surface area contributed by atoms with Crippen molar-refractivity contribution >= 4 is 38.2 Å². The highest BCUT2D eigenvalue weighted by atomic mass is 79.9. The van der Waals surface area contributed by atoms with Crippen molar-refractivity contribution in [1.82, 2.24) is 4.98 Å². The van der Waals surface area contributed by atoms with Gasteiger partial charge in [0.1, 0.15) is 0 Å². The molecule has 0 spiro atoms. The van der Waals surface area contributed by atoms with E-state index < -0.39 is 0 Å². The average Bonchev–Trinajstić information content (AvgIpc) is 2.49. The van der Waals surface area contributed by atoms with Crippen LogP contribution in [0.25, 0.3) is 10.8 Å². The summed E-state index contributed by atoms with van der Waals surface area (Å²) in [5, 5.41) is 1.85. The molecule has 3 nitrogen and oxygen atoms in total. The van der Waals surface area contributed by atoms with Crippen molar-refractivity contribution in [3.63, 3.8) is 0 Å². The molecule has 98 valence electrons. The molecule has 1 aromatic heterocycles. The van der Waals surface area contributed by atoms with Gasteiger partial charge in [-0.05, 0) is 45.6 Å². The van der Waals surface area contributed by atoms with E-state index in [4.69, 9.17) is 5.73 Å². The summed E-state index contributed by atoms with van der Waals surface area (Å²) in [7, 11) is 0. The number of rotatable bonds is 2. The van der Waals surface area contributed by atoms with Crippen LogP contribution in [0.4, 0.5) is 5.69 Å². The quantitative estimate of drug-likeness (QED) is 0.575. The summed E-state index contributed by atoms with van der Waals surface area (Å²) in [4.78, 5) is 16.7. The van der Waals surface area contributed by atoms with Gasteiger partial charge >= 0.3 is 0 Å². The first-order valence-electron chi connectivity index (χ1n) is 6.09. The van der Waals surface area contributed by atoms with Gasteiger partial charge in [-0.2, -0.15) is 0 Å². The number of hydrogen-bond acceptors (Lipinski definition) is 3. The first kappa shape index (κ1) is 12.8. The number of hydrogen-bond donors (Lipinski definition) is 1. The van der Waals surface area contributed by atoms with Crippen molar-refractivity contribution in [2.75, 3.05) is 5.73 Å². The summed E-state index contributed by atoms with van der Waals surface area (Å²) < 4.78 is 0.724. The highest BCUT2D eigenvalue weighted by Gasteiger charge is 2.13. The van der Waals surface area contributed by atoms with E-state index in [1.165, 1.54) is 0 Å². The second-order valence-corrected chi connectivity index (χ2v) is 5.32. The van der Waals surface area contributed by atoms with E-state index in [0.717, 1.165) is 15.2 Å². The highest BCUT2D eigenvalue weighted by Crippen LogP contribution is 2.24. The lowest BCUT2D eigenvalue weighted by Gasteiger charge is -2.07. The van der Waals surface area contributed by atoms with Crippen molar-refractivity contribution < 1.29 is 4.79 Å². The van der Waals surface area contributed by atoms with Crippen LogP contribution < -0.4 is 5.73 Å². The van der Waals surface area contributed by atoms with Crippen LogP contribution in [0.2, 0.25) is 0 Å². The van der Waals surface area contributed by atoms with Gasteiger partial charge in [0.15, 0.2) is 5.78 Å². The average molecular weight is 327 g/mol. The second kappa shape index (κ2) is 5.06. The number of nitrogens with zero attached hydrogens (tertiary/aromatic N) is 1. The van der Waals surface area contributed by atoms with Crippen LogP contribution in [-0.4, -0.2) is 10.8 Å². The van der Waals surface area contributed by atoms with Crippen molar-refractivity contribution in [2.45, 2.75) is 0 Å². The molecule has 2 aromatic carbocycles. The fraction of sp³-hybridized carbons (Fsp3) is 0. The maximum Gasteiger partial charge on any atom is 0.193 e. The number of ketones is 1. The Morgan fingerprint density at radius 1 is 1.15 bits per heavy atom. The zero-order valence-electron chi connectivity index (χ0n) is 10.5. The molecular formula is C16H11BrN2O. The summed E-state index contributed by atoms with van der Waals surface area (Å²) in [6, 6.07) is 12.8. The van der Waals surface area contributed by atoms with Crippen LogP contribution in [0.1, 0.15) is 15.9 Å². The van der Waals surface area contributed by atoms with E-state index in [-0.39, 0.29) is 5.78 Å². The fourth-order valence-electron chi connectivity index (χ4n) is 2.14. The van der Waals surface area contributed by atoms with Crippen molar-refractivity contribution in [3.8, 4) is 0 Å². The predicted molar refractivity (Wildman–Crippen MR) is 83.7 cm³/mol. The minimum Gasteiger partial charge on any atom is -0.398 e. The molecule has 0 aliphatic carbocycles. The highest BCUT2D eigenvalue weighted by molar-refractivity contribution is 9.10. The number of nitrogens with two attached hydrogens (primary N) is 1. The Balaban J connectivity index is 2.15. The normalized spacial score (nSPS) is 10.7. The second-order valence-electron chi connectivity index (χ2n) is 4.47. The van der Waals surface area contributed by atoms with Crippen molar-refractivity contribution in [1.29, 1.82) is 0 Å². The number of fused-ring (bicyclic) bond motifs is 1. The number of halogens is 1. The summed E-state index contributed by atoms with van der Waals surface area (Å²) in [6.45, 7) is 0. The molecule has 3 rings (SSSR count). The monoisotopic (exact) mass is 326 g/mol. The third-order valence-corrected chi connectivity index (χ3v) is 3.88. The molecule has 0 atom stereocenters. The summed E-state index contributed by atoms with van der Waals surface area (Å²) in [5.74, 6) is -0.0377. The smallest absolute Gasteiger partial charge is 0.193 e. The minimum atomic E-state index is -0.0377. The summed E-state index contributed by atoms with van der Waals surface area (Å²) >= 11 is 3.35. The first-order chi connectivity index (χ1) is 9.66. The van der Waals surface area contributed by atoms with Gasteiger partial charge in [-0.15, -0.1) is 0 Å². The van der Waals surface area contributed by atoms with Crippen molar-refractivity contribution in [2.24, 2.45) is 0 Å². The standard InChI is InChI=1S/C16H11BrN2O/c17-14-8-11(4-5-15(14)18)16(20)12-3-1-2-10-6-7-19-9-13(10)12/h1-9H,18H2. The molecule has 0 bridgehead atoms. The van der Waals surface area contributed by atoms with Crippen LogP contribution in [0.15, 0.2) is 59.3 Å². The Bertz CT molecular complexity index is 809. The van der Waals surface area contributed by atoms with Crippen LogP contribution in [0, 0.1) is 0 Å². The molecule has 0 radical (unpaired) electrons. The largest absolute Gasteiger partial charge is 0.398 e. The molecule has 0 aliphatic heterocycles. The SMILES string of the molecule is Nc1ccc(C(=O)c2cccc3ccncc23)cc1Br. The Morgan fingerprint density at radius 3 is 2.80 bits per heavy atom. The minimum absolute atomic E-state index is 0.0377.